The summed E-state index contributed by atoms with van der Waals surface area (Å²) in [6, 6.07) is 22.9. The van der Waals surface area contributed by atoms with Crippen LogP contribution in [-0.4, -0.2) is 25.5 Å². The molecule has 8 heteroatoms. The fourth-order valence-electron chi connectivity index (χ4n) is 3.06. The standard InChI is InChI=1S/C14H11ClN2.C9H9BrO.C5H5ClN2/c1-10-2-4-11(5-3-10)13-9-17-7-6-12(15)8-14(17)16-13;1-7-2-4-8(5-3-7)9(11)6-10;6-4-1-2-8-5(7)3-4/h2-9H,1H3;2-5H,6H2,1H3;1-3H,(H2,7,8). The highest BCUT2D eigenvalue weighted by atomic mass is 79.9. The Labute approximate surface area is 229 Å². The molecule has 0 spiro atoms. The van der Waals surface area contributed by atoms with Gasteiger partial charge in [-0.25, -0.2) is 9.97 Å². The van der Waals surface area contributed by atoms with E-state index >= 15 is 0 Å². The van der Waals surface area contributed by atoms with Crippen LogP contribution in [0.5, 0.6) is 0 Å². The number of aromatic nitrogens is 3. The molecule has 3 aromatic heterocycles. The number of hydrogen-bond donors (Lipinski definition) is 1. The van der Waals surface area contributed by atoms with Crippen LogP contribution in [0.4, 0.5) is 5.82 Å². The minimum absolute atomic E-state index is 0.130. The number of rotatable bonds is 3. The van der Waals surface area contributed by atoms with E-state index in [-0.39, 0.29) is 5.78 Å². The van der Waals surface area contributed by atoms with Gasteiger partial charge in [-0.2, -0.15) is 0 Å². The number of Topliss-reactive ketones (excluding diaryl/α,β-unsaturated/α-hetero) is 1. The van der Waals surface area contributed by atoms with Crippen LogP contribution in [0.2, 0.25) is 10.0 Å². The number of carbonyl (C=O) groups is 1. The summed E-state index contributed by atoms with van der Waals surface area (Å²) in [4.78, 5) is 19.4. The van der Waals surface area contributed by atoms with E-state index in [2.05, 4.69) is 57.1 Å². The average Bonchev–Trinajstić information content (AvgIpc) is 3.28. The maximum atomic E-state index is 11.1. The quantitative estimate of drug-likeness (QED) is 0.173. The molecule has 3 heterocycles. The molecule has 5 nitrogen and oxygen atoms in total. The first-order valence-corrected chi connectivity index (χ1v) is 12.9. The van der Waals surface area contributed by atoms with Crippen molar-refractivity contribution in [3.8, 4) is 11.3 Å². The Hall–Kier alpha value is -3.19. The van der Waals surface area contributed by atoms with Crippen molar-refractivity contribution in [2.45, 2.75) is 13.8 Å². The predicted molar refractivity (Wildman–Crippen MR) is 153 cm³/mol. The Morgan fingerprint density at radius 1 is 0.917 bits per heavy atom. The molecular formula is C28H25BrCl2N4O. The van der Waals surface area contributed by atoms with Gasteiger partial charge in [-0.15, -0.1) is 0 Å². The van der Waals surface area contributed by atoms with E-state index in [0.717, 1.165) is 22.5 Å². The monoisotopic (exact) mass is 582 g/mol. The van der Waals surface area contributed by atoms with Gasteiger partial charge in [0.25, 0.3) is 0 Å². The van der Waals surface area contributed by atoms with Crippen molar-refractivity contribution in [1.82, 2.24) is 14.4 Å². The summed E-state index contributed by atoms with van der Waals surface area (Å²) >= 11 is 14.6. The normalized spacial score (nSPS) is 10.1. The van der Waals surface area contributed by atoms with Gasteiger partial charge < -0.3 is 10.1 Å². The number of ketones is 1. The molecule has 0 bridgehead atoms. The van der Waals surface area contributed by atoms with Gasteiger partial charge in [-0.3, -0.25) is 4.79 Å². The number of pyridine rings is 2. The molecule has 5 aromatic rings. The third kappa shape index (κ3) is 8.19. The van der Waals surface area contributed by atoms with Crippen LogP contribution in [0.1, 0.15) is 21.5 Å². The molecule has 0 fully saturated rings. The zero-order valence-electron chi connectivity index (χ0n) is 19.8. The zero-order valence-corrected chi connectivity index (χ0v) is 22.9. The summed E-state index contributed by atoms with van der Waals surface area (Å²) in [5.74, 6) is 0.586. The van der Waals surface area contributed by atoms with Gasteiger partial charge in [0.2, 0.25) is 0 Å². The summed E-state index contributed by atoms with van der Waals surface area (Å²) in [5.41, 5.74) is 11.4. The van der Waals surface area contributed by atoms with Crippen molar-refractivity contribution >= 4 is 56.4 Å². The van der Waals surface area contributed by atoms with Crippen molar-refractivity contribution in [2.24, 2.45) is 0 Å². The minimum atomic E-state index is 0.130. The molecule has 0 atom stereocenters. The number of nitrogens with two attached hydrogens (primary N) is 1. The van der Waals surface area contributed by atoms with Gasteiger partial charge in [0.15, 0.2) is 5.78 Å². The van der Waals surface area contributed by atoms with Crippen molar-refractivity contribution in [3.05, 3.63) is 118 Å². The van der Waals surface area contributed by atoms with E-state index in [9.17, 15) is 4.79 Å². The van der Waals surface area contributed by atoms with Crippen LogP contribution >= 0.6 is 39.1 Å². The van der Waals surface area contributed by atoms with Crippen molar-refractivity contribution in [2.75, 3.05) is 11.1 Å². The Morgan fingerprint density at radius 2 is 1.53 bits per heavy atom. The number of benzene rings is 2. The number of halogens is 3. The molecule has 184 valence electrons. The summed E-state index contributed by atoms with van der Waals surface area (Å²) < 4.78 is 1.97. The smallest absolute Gasteiger partial charge is 0.173 e. The number of imidazole rings is 1. The third-order valence-electron chi connectivity index (χ3n) is 5.01. The number of hydrogen-bond acceptors (Lipinski definition) is 4. The van der Waals surface area contributed by atoms with E-state index in [0.29, 0.717) is 21.2 Å². The second-order valence-corrected chi connectivity index (χ2v) is 9.36. The van der Waals surface area contributed by atoms with Crippen LogP contribution in [0.15, 0.2) is 91.4 Å². The van der Waals surface area contributed by atoms with E-state index in [4.69, 9.17) is 28.9 Å². The summed E-state index contributed by atoms with van der Waals surface area (Å²) in [5, 5.41) is 1.73. The van der Waals surface area contributed by atoms with Crippen LogP contribution in [0, 0.1) is 13.8 Å². The third-order valence-corrected chi connectivity index (χ3v) is 5.99. The van der Waals surface area contributed by atoms with Crippen molar-refractivity contribution in [3.63, 3.8) is 0 Å². The van der Waals surface area contributed by atoms with E-state index in [1.165, 1.54) is 11.1 Å². The highest BCUT2D eigenvalue weighted by Gasteiger charge is 2.04. The highest BCUT2D eigenvalue weighted by molar-refractivity contribution is 9.09. The molecule has 2 N–H and O–H groups in total. The second kappa shape index (κ2) is 13.2. The fraction of sp³-hybridized carbons (Fsp3) is 0.107. The molecular weight excluding hydrogens is 559 g/mol. The number of carbonyl (C=O) groups excluding carboxylic acids is 1. The molecule has 0 amide bonds. The predicted octanol–water partition coefficient (Wildman–Crippen LogP) is 7.85. The molecule has 0 aliphatic heterocycles. The lowest BCUT2D eigenvalue weighted by Gasteiger charge is -1.96. The number of aryl methyl sites for hydroxylation is 2. The molecule has 0 unspecified atom stereocenters. The Kier molecular flexibility index (Phi) is 10.1. The van der Waals surface area contributed by atoms with Crippen LogP contribution < -0.4 is 5.73 Å². The van der Waals surface area contributed by atoms with Crippen LogP contribution in [0.25, 0.3) is 16.9 Å². The Morgan fingerprint density at radius 3 is 2.08 bits per heavy atom. The lowest BCUT2D eigenvalue weighted by molar-refractivity contribution is 0.102. The minimum Gasteiger partial charge on any atom is -0.384 e. The molecule has 0 saturated heterocycles. The maximum Gasteiger partial charge on any atom is 0.173 e. The van der Waals surface area contributed by atoms with Gasteiger partial charge >= 0.3 is 0 Å². The maximum absolute atomic E-state index is 11.1. The largest absolute Gasteiger partial charge is 0.384 e. The first kappa shape index (κ1) is 27.4. The average molecular weight is 584 g/mol. The lowest BCUT2D eigenvalue weighted by Crippen LogP contribution is -1.98. The number of fused-ring (bicyclic) bond motifs is 1. The lowest BCUT2D eigenvalue weighted by atomic mass is 10.1. The number of anilines is 1. The van der Waals surface area contributed by atoms with Gasteiger partial charge in [-0.05, 0) is 32.0 Å². The summed E-state index contributed by atoms with van der Waals surface area (Å²) in [6.45, 7) is 4.08. The molecule has 36 heavy (non-hydrogen) atoms. The molecule has 0 aliphatic carbocycles. The topological polar surface area (TPSA) is 73.3 Å². The van der Waals surface area contributed by atoms with Gasteiger partial charge in [0, 0.05) is 45.8 Å². The van der Waals surface area contributed by atoms with E-state index < -0.39 is 0 Å². The summed E-state index contributed by atoms with van der Waals surface area (Å²) in [7, 11) is 0. The Balaban J connectivity index is 0.000000164. The zero-order chi connectivity index (χ0) is 26.1. The number of alkyl halides is 1. The van der Waals surface area contributed by atoms with E-state index in [1.54, 1.807) is 18.3 Å². The first-order valence-electron chi connectivity index (χ1n) is 11.0. The van der Waals surface area contributed by atoms with Crippen LogP contribution in [-0.2, 0) is 0 Å². The number of nitrogen functional groups attached to an aromatic ring is 1. The molecule has 0 saturated carbocycles. The summed E-state index contributed by atoms with van der Waals surface area (Å²) in [6.07, 6.45) is 5.50. The van der Waals surface area contributed by atoms with Crippen LogP contribution in [0.3, 0.4) is 0 Å². The molecule has 2 aromatic carbocycles. The van der Waals surface area contributed by atoms with Gasteiger partial charge in [-0.1, -0.05) is 98.8 Å². The second-order valence-electron chi connectivity index (χ2n) is 7.92. The fourth-order valence-corrected chi connectivity index (χ4v) is 3.70. The molecule has 0 aliphatic rings. The molecule has 0 radical (unpaired) electrons. The SMILES string of the molecule is Cc1ccc(-c2cn3ccc(Cl)cc3n2)cc1.Cc1ccc(C(=O)CBr)cc1.Nc1cc(Cl)ccn1. The highest BCUT2D eigenvalue weighted by Crippen LogP contribution is 2.21. The van der Waals surface area contributed by atoms with Gasteiger partial charge in [0.05, 0.1) is 11.0 Å². The van der Waals surface area contributed by atoms with Crippen molar-refractivity contribution < 1.29 is 4.79 Å². The van der Waals surface area contributed by atoms with E-state index in [1.807, 2.05) is 60.1 Å². The first-order chi connectivity index (χ1) is 17.2. The Bertz CT molecular complexity index is 1420. The van der Waals surface area contributed by atoms with Gasteiger partial charge in [0.1, 0.15) is 11.5 Å². The number of nitrogens with zero attached hydrogens (tertiary/aromatic N) is 3. The molecule has 5 rings (SSSR count). The van der Waals surface area contributed by atoms with Crippen molar-refractivity contribution in [1.29, 1.82) is 0 Å².